The number of halogens is 1. The average Bonchev–Trinajstić information content (AvgIpc) is 3.06. The van der Waals surface area contributed by atoms with E-state index in [1.165, 1.54) is 0 Å². The van der Waals surface area contributed by atoms with Gasteiger partial charge in [-0.25, -0.2) is 0 Å². The number of carbonyl (C=O) groups excluding carboxylic acids is 2. The second-order valence-electron chi connectivity index (χ2n) is 7.48. The van der Waals surface area contributed by atoms with Crippen LogP contribution in [0.5, 0.6) is 5.75 Å². The van der Waals surface area contributed by atoms with E-state index in [1.807, 2.05) is 35.9 Å². The van der Waals surface area contributed by atoms with E-state index in [1.54, 1.807) is 24.3 Å². The molecule has 0 saturated carbocycles. The highest BCUT2D eigenvalue weighted by molar-refractivity contribution is 9.10. The Morgan fingerprint density at radius 3 is 2.60 bits per heavy atom. The molecular weight excluding hydrogens is 446 g/mol. The Kier molecular flexibility index (Phi) is 7.05. The maximum atomic E-state index is 12.5. The van der Waals surface area contributed by atoms with E-state index < -0.39 is 0 Å². The van der Waals surface area contributed by atoms with Crippen LogP contribution in [0.2, 0.25) is 0 Å². The van der Waals surface area contributed by atoms with Gasteiger partial charge in [-0.3, -0.25) is 14.3 Å². The predicted octanol–water partition coefficient (Wildman–Crippen LogP) is 5.10. The van der Waals surface area contributed by atoms with Gasteiger partial charge in [-0.05, 0) is 43.2 Å². The summed E-state index contributed by atoms with van der Waals surface area (Å²) in [5.41, 5.74) is 2.90. The summed E-state index contributed by atoms with van der Waals surface area (Å²) in [6.07, 6.45) is 0.744. The summed E-state index contributed by atoms with van der Waals surface area (Å²) in [7, 11) is 0. The molecule has 3 aromatic rings. The van der Waals surface area contributed by atoms with Crippen molar-refractivity contribution in [3.8, 4) is 5.75 Å². The molecule has 1 amide bonds. The molecule has 2 aromatic carbocycles. The first-order valence-electron chi connectivity index (χ1n) is 9.68. The number of benzene rings is 2. The van der Waals surface area contributed by atoms with Crippen LogP contribution in [0.3, 0.4) is 0 Å². The van der Waals surface area contributed by atoms with Crippen molar-refractivity contribution in [2.24, 2.45) is 5.92 Å². The van der Waals surface area contributed by atoms with Crippen molar-refractivity contribution >= 4 is 33.9 Å². The van der Waals surface area contributed by atoms with Crippen LogP contribution >= 0.6 is 15.9 Å². The van der Waals surface area contributed by atoms with Crippen molar-refractivity contribution in [1.29, 1.82) is 0 Å². The van der Waals surface area contributed by atoms with Gasteiger partial charge in [-0.1, -0.05) is 41.9 Å². The van der Waals surface area contributed by atoms with Crippen LogP contribution in [0.4, 0.5) is 5.82 Å². The van der Waals surface area contributed by atoms with E-state index in [0.29, 0.717) is 36.0 Å². The number of hydrogen-bond acceptors (Lipinski definition) is 4. The lowest BCUT2D eigenvalue weighted by Crippen LogP contribution is -2.13. The second-order valence-corrected chi connectivity index (χ2v) is 8.40. The largest absolute Gasteiger partial charge is 0.493 e. The second kappa shape index (κ2) is 9.71. The zero-order chi connectivity index (χ0) is 21.7. The monoisotopic (exact) mass is 469 g/mol. The molecule has 0 aliphatic rings. The lowest BCUT2D eigenvalue weighted by Gasteiger charge is -2.14. The van der Waals surface area contributed by atoms with Gasteiger partial charge in [-0.15, -0.1) is 0 Å². The van der Waals surface area contributed by atoms with Crippen LogP contribution < -0.4 is 10.1 Å². The summed E-state index contributed by atoms with van der Waals surface area (Å²) in [6.45, 7) is 7.31. The first-order chi connectivity index (χ1) is 14.4. The summed E-state index contributed by atoms with van der Waals surface area (Å²) >= 11 is 3.52. The Labute approximate surface area is 184 Å². The molecule has 156 valence electrons. The molecule has 0 spiro atoms. The van der Waals surface area contributed by atoms with Gasteiger partial charge in [0.1, 0.15) is 12.0 Å². The number of amides is 1. The maximum Gasteiger partial charge on any atom is 0.256 e. The van der Waals surface area contributed by atoms with Crippen molar-refractivity contribution in [1.82, 2.24) is 9.78 Å². The van der Waals surface area contributed by atoms with Crippen LogP contribution in [0.1, 0.15) is 45.8 Å². The molecule has 6 nitrogen and oxygen atoms in total. The highest BCUT2D eigenvalue weighted by atomic mass is 79.9. The van der Waals surface area contributed by atoms with Crippen molar-refractivity contribution in [2.75, 3.05) is 11.9 Å². The fraction of sp³-hybridized carbons (Fsp3) is 0.261. The zero-order valence-electron chi connectivity index (χ0n) is 17.2. The summed E-state index contributed by atoms with van der Waals surface area (Å²) in [4.78, 5) is 23.2. The minimum absolute atomic E-state index is 0.277. The molecular formula is C23H24BrN3O3. The Balaban J connectivity index is 1.75. The van der Waals surface area contributed by atoms with Crippen LogP contribution in [-0.4, -0.2) is 28.6 Å². The van der Waals surface area contributed by atoms with Crippen LogP contribution in [-0.2, 0) is 6.54 Å². The Morgan fingerprint density at radius 1 is 1.20 bits per heavy atom. The SMILES string of the molecule is Cc1cc(NC(=O)c2ccc(C=O)cc2)nn1Cc1cc(Br)ccc1OCC(C)C. The quantitative estimate of drug-likeness (QED) is 0.465. The lowest BCUT2D eigenvalue weighted by atomic mass is 10.1. The normalized spacial score (nSPS) is 10.8. The number of nitrogens with zero attached hydrogens (tertiary/aromatic N) is 2. The lowest BCUT2D eigenvalue weighted by molar-refractivity contribution is 0.102. The van der Waals surface area contributed by atoms with Crippen molar-refractivity contribution in [3.05, 3.63) is 75.4 Å². The molecule has 1 N–H and O–H groups in total. The smallest absolute Gasteiger partial charge is 0.256 e. The Hall–Kier alpha value is -2.93. The third-order valence-corrected chi connectivity index (χ3v) is 4.94. The highest BCUT2D eigenvalue weighted by Crippen LogP contribution is 2.25. The molecule has 7 heteroatoms. The van der Waals surface area contributed by atoms with Crippen LogP contribution in [0.25, 0.3) is 0 Å². The van der Waals surface area contributed by atoms with E-state index in [4.69, 9.17) is 4.74 Å². The van der Waals surface area contributed by atoms with Crippen molar-refractivity contribution in [3.63, 3.8) is 0 Å². The molecule has 0 unspecified atom stereocenters. The van der Waals surface area contributed by atoms with Gasteiger partial charge in [0, 0.05) is 32.9 Å². The molecule has 0 aliphatic carbocycles. The van der Waals surface area contributed by atoms with E-state index in [9.17, 15) is 9.59 Å². The molecule has 0 bridgehead atoms. The number of anilines is 1. The standard InChI is InChI=1S/C23H24BrN3O3/c1-15(2)14-30-21-9-8-20(24)11-19(21)12-27-16(3)10-22(26-27)25-23(29)18-6-4-17(13-28)5-7-18/h4-11,13,15H,12,14H2,1-3H3,(H,25,26,29). The summed E-state index contributed by atoms with van der Waals surface area (Å²) in [5.74, 6) is 1.44. The van der Waals surface area contributed by atoms with E-state index >= 15 is 0 Å². The Morgan fingerprint density at radius 2 is 1.93 bits per heavy atom. The number of carbonyl (C=O) groups is 2. The zero-order valence-corrected chi connectivity index (χ0v) is 18.8. The summed E-state index contributed by atoms with van der Waals surface area (Å²) < 4.78 is 8.75. The van der Waals surface area contributed by atoms with Gasteiger partial charge in [0.15, 0.2) is 5.82 Å². The first kappa shape index (κ1) is 21.8. The third kappa shape index (κ3) is 5.57. The third-order valence-electron chi connectivity index (χ3n) is 4.45. The highest BCUT2D eigenvalue weighted by Gasteiger charge is 2.13. The minimum Gasteiger partial charge on any atom is -0.493 e. The van der Waals surface area contributed by atoms with Crippen LogP contribution in [0.15, 0.2) is 53.0 Å². The molecule has 0 aliphatic heterocycles. The van der Waals surface area contributed by atoms with Gasteiger partial charge in [-0.2, -0.15) is 5.10 Å². The number of aryl methyl sites for hydroxylation is 1. The van der Waals surface area contributed by atoms with E-state index in [0.717, 1.165) is 27.8 Å². The van der Waals surface area contributed by atoms with Gasteiger partial charge >= 0.3 is 0 Å². The van der Waals surface area contributed by atoms with Crippen molar-refractivity contribution in [2.45, 2.75) is 27.3 Å². The van der Waals surface area contributed by atoms with Crippen LogP contribution in [0, 0.1) is 12.8 Å². The summed E-state index contributed by atoms with van der Waals surface area (Å²) in [6, 6.07) is 14.2. The molecule has 0 radical (unpaired) electrons. The number of rotatable bonds is 8. The molecule has 1 aromatic heterocycles. The molecule has 3 rings (SSSR count). The predicted molar refractivity (Wildman–Crippen MR) is 120 cm³/mol. The number of ether oxygens (including phenoxy) is 1. The topological polar surface area (TPSA) is 73.2 Å². The number of hydrogen-bond donors (Lipinski definition) is 1. The summed E-state index contributed by atoms with van der Waals surface area (Å²) in [5, 5.41) is 7.34. The Bertz CT molecular complexity index is 1040. The molecule has 0 fully saturated rings. The molecule has 0 atom stereocenters. The van der Waals surface area contributed by atoms with Crippen molar-refractivity contribution < 1.29 is 14.3 Å². The number of nitrogens with one attached hydrogen (secondary N) is 1. The van der Waals surface area contributed by atoms with E-state index in [-0.39, 0.29) is 5.91 Å². The minimum atomic E-state index is -0.277. The fourth-order valence-corrected chi connectivity index (χ4v) is 3.27. The van der Waals surface area contributed by atoms with Gasteiger partial charge in [0.05, 0.1) is 13.2 Å². The maximum absolute atomic E-state index is 12.5. The number of aldehydes is 1. The molecule has 0 saturated heterocycles. The average molecular weight is 470 g/mol. The van der Waals surface area contributed by atoms with Gasteiger partial charge in [0.25, 0.3) is 5.91 Å². The molecule has 1 heterocycles. The van der Waals surface area contributed by atoms with Gasteiger partial charge in [0.2, 0.25) is 0 Å². The van der Waals surface area contributed by atoms with E-state index in [2.05, 4.69) is 40.2 Å². The fourth-order valence-electron chi connectivity index (χ4n) is 2.86. The van der Waals surface area contributed by atoms with Gasteiger partial charge < -0.3 is 10.1 Å². The molecule has 30 heavy (non-hydrogen) atoms. The first-order valence-corrected chi connectivity index (χ1v) is 10.5. The number of aromatic nitrogens is 2.